The minimum Gasteiger partial charge on any atom is -0.424 e. The summed E-state index contributed by atoms with van der Waals surface area (Å²) < 4.78 is 47.3. The number of phosphoric ester groups is 1. The summed E-state index contributed by atoms with van der Waals surface area (Å²) in [6.45, 7) is 1.40. The van der Waals surface area contributed by atoms with Gasteiger partial charge in [0.2, 0.25) is 0 Å². The standard InChI is InChI=1S/C19H21N4O9P/c1-19-15(30-18(25)31-19)13(29-16(19)23-8-4-14(20)22-17(23)24)10-28-33(26)27-9-5-12(32-33)11-2-6-21-7-3-11/h2-4,6-8,12-13,15-16H,5,9-10H2,1H3,(H2,20,22,24)/t12?,13-,15-,16-,19-,33?/m1/s1. The number of phosphoric acid groups is 1. The number of hydrogen-bond donors (Lipinski definition) is 1. The molecule has 0 saturated carbocycles. The predicted octanol–water partition coefficient (Wildman–Crippen LogP) is 1.71. The van der Waals surface area contributed by atoms with E-state index in [2.05, 4.69) is 9.97 Å². The van der Waals surface area contributed by atoms with E-state index in [1.807, 2.05) is 0 Å². The van der Waals surface area contributed by atoms with Gasteiger partial charge >= 0.3 is 19.7 Å². The van der Waals surface area contributed by atoms with Gasteiger partial charge in [-0.05, 0) is 30.7 Å². The van der Waals surface area contributed by atoms with Crippen molar-refractivity contribution in [1.29, 1.82) is 0 Å². The molecule has 3 saturated heterocycles. The van der Waals surface area contributed by atoms with Crippen LogP contribution in [0.2, 0.25) is 0 Å². The molecule has 3 aliphatic heterocycles. The number of carbonyl (C=O) groups excluding carboxylic acids is 1. The van der Waals surface area contributed by atoms with Crippen LogP contribution >= 0.6 is 7.82 Å². The Morgan fingerprint density at radius 2 is 2.09 bits per heavy atom. The number of anilines is 1. The molecule has 2 N–H and O–H groups in total. The van der Waals surface area contributed by atoms with Crippen LogP contribution < -0.4 is 11.4 Å². The molecule has 33 heavy (non-hydrogen) atoms. The van der Waals surface area contributed by atoms with Gasteiger partial charge in [0.15, 0.2) is 17.9 Å². The Hall–Kier alpha value is -2.83. The lowest BCUT2D eigenvalue weighted by atomic mass is 9.96. The smallest absolute Gasteiger partial charge is 0.424 e. The number of ether oxygens (including phenoxy) is 3. The van der Waals surface area contributed by atoms with E-state index in [-0.39, 0.29) is 19.0 Å². The molecule has 5 heterocycles. The van der Waals surface area contributed by atoms with Gasteiger partial charge in [-0.1, -0.05) is 0 Å². The van der Waals surface area contributed by atoms with E-state index in [1.165, 1.54) is 12.3 Å². The Balaban J connectivity index is 1.34. The van der Waals surface area contributed by atoms with Gasteiger partial charge in [0.25, 0.3) is 0 Å². The van der Waals surface area contributed by atoms with Crippen LogP contribution in [-0.2, 0) is 32.3 Å². The van der Waals surface area contributed by atoms with E-state index < -0.39 is 49.8 Å². The number of nitrogens with zero attached hydrogens (tertiary/aromatic N) is 3. The monoisotopic (exact) mass is 480 g/mol. The molecule has 0 aliphatic carbocycles. The van der Waals surface area contributed by atoms with Crippen LogP contribution in [-0.4, -0.2) is 51.7 Å². The maximum atomic E-state index is 13.1. The minimum absolute atomic E-state index is 0.0314. The summed E-state index contributed by atoms with van der Waals surface area (Å²) in [5, 5.41) is 0. The van der Waals surface area contributed by atoms with Crippen molar-refractivity contribution in [2.75, 3.05) is 18.9 Å². The lowest BCUT2D eigenvalue weighted by molar-refractivity contribution is -0.0959. The molecule has 14 heteroatoms. The molecule has 2 unspecified atom stereocenters. The molecule has 0 radical (unpaired) electrons. The van der Waals surface area contributed by atoms with Crippen molar-refractivity contribution in [3.05, 3.63) is 52.8 Å². The zero-order chi connectivity index (χ0) is 23.2. The third-order valence-corrected chi connectivity index (χ3v) is 7.16. The Bertz CT molecular complexity index is 1160. The van der Waals surface area contributed by atoms with E-state index in [0.29, 0.717) is 6.42 Å². The second-order valence-corrected chi connectivity index (χ2v) is 9.50. The van der Waals surface area contributed by atoms with Crippen LogP contribution in [0, 0.1) is 0 Å². The summed E-state index contributed by atoms with van der Waals surface area (Å²) >= 11 is 0. The lowest BCUT2D eigenvalue weighted by Crippen LogP contribution is -2.44. The molecule has 2 aromatic heterocycles. The molecule has 5 rings (SSSR count). The topological polar surface area (TPSA) is 163 Å². The van der Waals surface area contributed by atoms with Crippen LogP contribution in [0.3, 0.4) is 0 Å². The summed E-state index contributed by atoms with van der Waals surface area (Å²) in [6, 6.07) is 4.92. The second-order valence-electron chi connectivity index (χ2n) is 7.88. The average Bonchev–Trinajstić information content (AvgIpc) is 3.23. The van der Waals surface area contributed by atoms with Crippen LogP contribution in [0.1, 0.15) is 31.2 Å². The van der Waals surface area contributed by atoms with E-state index in [4.69, 9.17) is 33.5 Å². The highest BCUT2D eigenvalue weighted by Gasteiger charge is 2.64. The van der Waals surface area contributed by atoms with Gasteiger partial charge in [-0.15, -0.1) is 0 Å². The maximum absolute atomic E-state index is 13.1. The van der Waals surface area contributed by atoms with Gasteiger partial charge in [0.1, 0.15) is 11.9 Å². The first kappa shape index (κ1) is 22.0. The molecule has 0 aromatic carbocycles. The second kappa shape index (κ2) is 8.19. The number of hydrogen-bond acceptors (Lipinski definition) is 12. The molecule has 0 spiro atoms. The number of carbonyl (C=O) groups is 1. The zero-order valence-electron chi connectivity index (χ0n) is 17.4. The quantitative estimate of drug-likeness (QED) is 0.487. The maximum Gasteiger partial charge on any atom is 0.509 e. The van der Waals surface area contributed by atoms with Gasteiger partial charge in [-0.2, -0.15) is 4.98 Å². The predicted molar refractivity (Wildman–Crippen MR) is 109 cm³/mol. The van der Waals surface area contributed by atoms with Crippen LogP contribution in [0.25, 0.3) is 0 Å². The molecular weight excluding hydrogens is 459 g/mol. The number of nitrogen functional groups attached to an aromatic ring is 1. The molecule has 2 aromatic rings. The SMILES string of the molecule is C[C@@]12OC(=O)O[C@@H]1[C@@H](COP1(=O)OCCC(c3ccncc3)O1)O[C@H]2n1ccc(N)nc1=O. The van der Waals surface area contributed by atoms with Crippen LogP contribution in [0.15, 0.2) is 41.6 Å². The summed E-state index contributed by atoms with van der Waals surface area (Å²) in [5.74, 6) is 0.0314. The molecular formula is C19H21N4O9P. The summed E-state index contributed by atoms with van der Waals surface area (Å²) in [4.78, 5) is 31.9. The Morgan fingerprint density at radius 3 is 2.85 bits per heavy atom. The van der Waals surface area contributed by atoms with Gasteiger partial charge in [-0.3, -0.25) is 23.1 Å². The molecule has 3 aliphatic rings. The van der Waals surface area contributed by atoms with E-state index in [1.54, 1.807) is 31.5 Å². The van der Waals surface area contributed by atoms with E-state index in [0.717, 1.165) is 10.1 Å². The average molecular weight is 480 g/mol. The van der Waals surface area contributed by atoms with Crippen molar-refractivity contribution < 1.29 is 37.1 Å². The number of rotatable bonds is 5. The van der Waals surface area contributed by atoms with Gasteiger partial charge in [-0.25, -0.2) is 14.2 Å². The highest BCUT2D eigenvalue weighted by atomic mass is 31.2. The molecule has 0 bridgehead atoms. The highest BCUT2D eigenvalue weighted by molar-refractivity contribution is 7.48. The lowest BCUT2D eigenvalue weighted by Gasteiger charge is -2.29. The molecule has 3 fully saturated rings. The van der Waals surface area contributed by atoms with Gasteiger partial charge in [0, 0.05) is 25.0 Å². The van der Waals surface area contributed by atoms with E-state index in [9.17, 15) is 14.2 Å². The van der Waals surface area contributed by atoms with Crippen molar-refractivity contribution in [3.8, 4) is 0 Å². The van der Waals surface area contributed by atoms with Gasteiger partial charge < -0.3 is 19.9 Å². The minimum atomic E-state index is -3.95. The Morgan fingerprint density at radius 1 is 1.30 bits per heavy atom. The summed E-state index contributed by atoms with van der Waals surface area (Å²) in [7, 11) is -3.95. The molecule has 176 valence electrons. The van der Waals surface area contributed by atoms with Crippen molar-refractivity contribution in [2.45, 2.75) is 43.5 Å². The van der Waals surface area contributed by atoms with Crippen molar-refractivity contribution in [1.82, 2.24) is 14.5 Å². The van der Waals surface area contributed by atoms with Crippen molar-refractivity contribution in [2.24, 2.45) is 0 Å². The number of fused-ring (bicyclic) bond motifs is 1. The third-order valence-electron chi connectivity index (χ3n) is 5.69. The number of pyridine rings is 1. The fourth-order valence-electron chi connectivity index (χ4n) is 4.11. The van der Waals surface area contributed by atoms with Gasteiger partial charge in [0.05, 0.1) is 19.3 Å². The largest absolute Gasteiger partial charge is 0.509 e. The summed E-state index contributed by atoms with van der Waals surface area (Å²) in [6.07, 6.45) is 0.684. The van der Waals surface area contributed by atoms with Crippen molar-refractivity contribution in [3.63, 3.8) is 0 Å². The molecule has 0 amide bonds. The fourth-order valence-corrected chi connectivity index (χ4v) is 5.51. The Kier molecular flexibility index (Phi) is 5.46. The normalized spacial score (nSPS) is 35.6. The van der Waals surface area contributed by atoms with Crippen molar-refractivity contribution >= 4 is 19.8 Å². The van der Waals surface area contributed by atoms with E-state index >= 15 is 0 Å². The molecule has 13 nitrogen and oxygen atoms in total. The van der Waals surface area contributed by atoms with Crippen LogP contribution in [0.5, 0.6) is 0 Å². The first-order chi connectivity index (χ1) is 15.8. The van der Waals surface area contributed by atoms with Crippen LogP contribution in [0.4, 0.5) is 10.6 Å². The first-order valence-corrected chi connectivity index (χ1v) is 11.6. The number of nitrogens with two attached hydrogens (primary N) is 1. The molecule has 6 atom stereocenters. The first-order valence-electron chi connectivity index (χ1n) is 10.1. The highest BCUT2D eigenvalue weighted by Crippen LogP contribution is 2.57. The summed E-state index contributed by atoms with van der Waals surface area (Å²) in [5.41, 5.74) is 4.28. The third kappa shape index (κ3) is 4.02. The Labute approximate surface area is 187 Å². The fraction of sp³-hybridized carbons (Fsp3) is 0.474. The number of aromatic nitrogens is 3. The zero-order valence-corrected chi connectivity index (χ0v) is 18.3.